The number of nitrogens with zero attached hydrogens (tertiary/aromatic N) is 3. The Bertz CT molecular complexity index is 487. The molecule has 0 saturated carbocycles. The van der Waals surface area contributed by atoms with Crippen LogP contribution < -0.4 is 0 Å². The van der Waals surface area contributed by atoms with Crippen LogP contribution >= 0.6 is 0 Å². The maximum atomic E-state index is 11.4. The molecule has 112 valence electrons. The Labute approximate surface area is 119 Å². The molecule has 0 aliphatic rings. The van der Waals surface area contributed by atoms with Gasteiger partial charge in [-0.2, -0.15) is 10.3 Å². The second-order valence-corrected chi connectivity index (χ2v) is 3.27. The first kappa shape index (κ1) is 18.0. The van der Waals surface area contributed by atoms with E-state index in [9.17, 15) is 19.2 Å². The Morgan fingerprint density at radius 2 is 1.86 bits per heavy atom. The summed E-state index contributed by atoms with van der Waals surface area (Å²) in [5.41, 5.74) is 0. The maximum absolute atomic E-state index is 11.4. The third kappa shape index (κ3) is 9.55. The van der Waals surface area contributed by atoms with E-state index in [1.807, 2.05) is 0 Å². The first-order chi connectivity index (χ1) is 10.2. The van der Waals surface area contributed by atoms with Crippen LogP contribution in [0.5, 0.6) is 0 Å². The van der Waals surface area contributed by atoms with Crippen LogP contribution in [-0.2, 0) is 33.4 Å². The van der Waals surface area contributed by atoms with Gasteiger partial charge in [0.25, 0.3) is 6.26 Å². The van der Waals surface area contributed by atoms with E-state index in [1.54, 1.807) is 0 Å². The average Bonchev–Trinajstić information content (AvgIpc) is 2.48. The minimum atomic E-state index is -1.31. The molecule has 0 aromatic carbocycles. The van der Waals surface area contributed by atoms with Crippen molar-refractivity contribution in [2.24, 2.45) is 9.98 Å². The first-order valence-electron chi connectivity index (χ1n) is 5.60. The van der Waals surface area contributed by atoms with E-state index >= 15 is 0 Å². The average molecular weight is 297 g/mol. The first-order valence-corrected chi connectivity index (χ1v) is 5.60. The predicted octanol–water partition coefficient (Wildman–Crippen LogP) is -0.652. The highest BCUT2D eigenvalue weighted by Gasteiger charge is 2.23. The molecular weight excluding hydrogens is 286 g/mol. The largest absolute Gasteiger partial charge is 0.464 e. The number of hydrogen-bond acceptors (Lipinski definition) is 10. The van der Waals surface area contributed by atoms with Crippen LogP contribution in [0.15, 0.2) is 9.98 Å². The molecule has 0 aliphatic carbocycles. The lowest BCUT2D eigenvalue weighted by molar-refractivity contribution is -0.154. The smallest absolute Gasteiger partial charge is 0.350 e. The number of carbonyl (C=O) groups excluding carboxylic acids is 4. The van der Waals surface area contributed by atoms with E-state index in [-0.39, 0.29) is 26.0 Å². The fourth-order valence-corrected chi connectivity index (χ4v) is 1.08. The molecule has 0 rings (SSSR count). The van der Waals surface area contributed by atoms with Crippen molar-refractivity contribution in [1.82, 2.24) is 0 Å². The van der Waals surface area contributed by atoms with Crippen molar-refractivity contribution in [2.45, 2.75) is 18.9 Å². The lowest BCUT2D eigenvalue weighted by Crippen LogP contribution is -2.26. The van der Waals surface area contributed by atoms with Gasteiger partial charge in [0.1, 0.15) is 6.61 Å². The topological polar surface area (TPSA) is 144 Å². The fraction of sp³-hybridized carbons (Fsp3) is 0.545. The molecule has 21 heavy (non-hydrogen) atoms. The van der Waals surface area contributed by atoms with E-state index in [0.29, 0.717) is 0 Å². The van der Waals surface area contributed by atoms with Crippen LogP contribution in [0.25, 0.3) is 0 Å². The molecule has 0 bridgehead atoms. The van der Waals surface area contributed by atoms with Gasteiger partial charge < -0.3 is 14.2 Å². The molecule has 0 aliphatic heterocycles. The Hall–Kier alpha value is -3.01. The van der Waals surface area contributed by atoms with Crippen molar-refractivity contribution in [3.8, 4) is 6.26 Å². The minimum absolute atomic E-state index is 0.0148. The summed E-state index contributed by atoms with van der Waals surface area (Å²) in [7, 11) is 0. The standard InChI is InChI=1S/C11H11N3O7/c12-5-20-9(11(18)21-8-14-7-16)1-2-10(17)19-4-3-13-6-15/h9H,1-4,8H2. The number of aliphatic imine (C=N–C) groups is 2. The zero-order valence-electron chi connectivity index (χ0n) is 10.8. The fourth-order valence-electron chi connectivity index (χ4n) is 1.08. The summed E-state index contributed by atoms with van der Waals surface area (Å²) in [6, 6.07) is 0. The molecule has 0 radical (unpaired) electrons. The van der Waals surface area contributed by atoms with Crippen LogP contribution in [0.4, 0.5) is 0 Å². The zero-order valence-corrected chi connectivity index (χ0v) is 10.8. The van der Waals surface area contributed by atoms with Gasteiger partial charge in [-0.15, -0.1) is 0 Å². The van der Waals surface area contributed by atoms with Crippen LogP contribution in [0.2, 0.25) is 0 Å². The summed E-state index contributed by atoms with van der Waals surface area (Å²) in [6.45, 7) is -0.669. The quantitative estimate of drug-likeness (QED) is 0.170. The molecule has 10 heteroatoms. The van der Waals surface area contributed by atoms with Crippen molar-refractivity contribution >= 4 is 24.1 Å². The summed E-state index contributed by atoms with van der Waals surface area (Å²) in [5, 5.41) is 8.39. The number of esters is 2. The van der Waals surface area contributed by atoms with Gasteiger partial charge in [0.05, 0.1) is 6.54 Å². The zero-order chi connectivity index (χ0) is 15.9. The van der Waals surface area contributed by atoms with Crippen LogP contribution in [0.1, 0.15) is 12.8 Å². The highest BCUT2D eigenvalue weighted by atomic mass is 16.6. The number of hydrogen-bond donors (Lipinski definition) is 0. The molecule has 1 unspecified atom stereocenters. The van der Waals surface area contributed by atoms with Gasteiger partial charge in [-0.25, -0.2) is 19.4 Å². The number of carbonyl (C=O) groups is 2. The van der Waals surface area contributed by atoms with Crippen molar-refractivity contribution in [2.75, 3.05) is 19.9 Å². The summed E-state index contributed by atoms with van der Waals surface area (Å²) in [5.74, 6) is -1.62. The molecule has 10 nitrogen and oxygen atoms in total. The van der Waals surface area contributed by atoms with E-state index in [0.717, 1.165) is 6.08 Å². The second-order valence-electron chi connectivity index (χ2n) is 3.27. The van der Waals surface area contributed by atoms with E-state index in [4.69, 9.17) is 5.26 Å². The molecule has 0 amide bonds. The van der Waals surface area contributed by atoms with Crippen molar-refractivity contribution < 1.29 is 33.4 Å². The lowest BCUT2D eigenvalue weighted by atomic mass is 10.2. The van der Waals surface area contributed by atoms with Crippen LogP contribution in [0, 0.1) is 11.5 Å². The van der Waals surface area contributed by atoms with Gasteiger partial charge in [-0.3, -0.25) is 4.79 Å². The lowest BCUT2D eigenvalue weighted by Gasteiger charge is -2.11. The summed E-state index contributed by atoms with van der Waals surface area (Å²) in [6.07, 6.45) is 2.05. The van der Waals surface area contributed by atoms with Crippen molar-refractivity contribution in [3.63, 3.8) is 0 Å². The molecule has 0 spiro atoms. The normalized spacial score (nSPS) is 10.0. The third-order valence-corrected chi connectivity index (χ3v) is 1.94. The summed E-state index contributed by atoms with van der Waals surface area (Å²) < 4.78 is 13.6. The Morgan fingerprint density at radius 1 is 1.14 bits per heavy atom. The van der Waals surface area contributed by atoms with Crippen LogP contribution in [0.3, 0.4) is 0 Å². The maximum Gasteiger partial charge on any atom is 0.350 e. The molecule has 0 N–H and O–H groups in total. The second kappa shape index (κ2) is 12.0. The summed E-state index contributed by atoms with van der Waals surface area (Å²) in [4.78, 5) is 48.4. The van der Waals surface area contributed by atoms with Gasteiger partial charge in [-0.05, 0) is 0 Å². The molecule has 0 aromatic heterocycles. The Balaban J connectivity index is 4.15. The van der Waals surface area contributed by atoms with Gasteiger partial charge in [-0.1, -0.05) is 0 Å². The Kier molecular flexibility index (Phi) is 10.3. The van der Waals surface area contributed by atoms with Crippen molar-refractivity contribution in [3.05, 3.63) is 0 Å². The van der Waals surface area contributed by atoms with Gasteiger partial charge in [0, 0.05) is 12.8 Å². The number of rotatable bonds is 10. The number of isocyanates is 2. The molecule has 0 heterocycles. The predicted molar refractivity (Wildman–Crippen MR) is 62.7 cm³/mol. The Morgan fingerprint density at radius 3 is 2.48 bits per heavy atom. The summed E-state index contributed by atoms with van der Waals surface area (Å²) >= 11 is 0. The van der Waals surface area contributed by atoms with Crippen molar-refractivity contribution in [1.29, 1.82) is 5.26 Å². The van der Waals surface area contributed by atoms with E-state index in [2.05, 4.69) is 24.2 Å². The molecule has 0 fully saturated rings. The van der Waals surface area contributed by atoms with Gasteiger partial charge in [0.2, 0.25) is 18.3 Å². The molecule has 1 atom stereocenters. The van der Waals surface area contributed by atoms with E-state index in [1.165, 1.54) is 12.3 Å². The number of ether oxygens (including phenoxy) is 3. The molecule has 0 saturated heterocycles. The van der Waals surface area contributed by atoms with Gasteiger partial charge >= 0.3 is 11.9 Å². The van der Waals surface area contributed by atoms with Gasteiger partial charge in [0.15, 0.2) is 6.73 Å². The molecular formula is C11H11N3O7. The van der Waals surface area contributed by atoms with Crippen LogP contribution in [-0.4, -0.2) is 50.1 Å². The third-order valence-electron chi connectivity index (χ3n) is 1.94. The van der Waals surface area contributed by atoms with E-state index < -0.39 is 24.8 Å². The molecule has 0 aromatic rings. The highest BCUT2D eigenvalue weighted by molar-refractivity contribution is 5.76. The number of nitriles is 1. The highest BCUT2D eigenvalue weighted by Crippen LogP contribution is 2.06. The SMILES string of the molecule is N#COC(CCC(=O)OCCN=C=O)C(=O)OCN=C=O. The minimum Gasteiger partial charge on any atom is -0.464 e. The monoisotopic (exact) mass is 297 g/mol.